The van der Waals surface area contributed by atoms with Crippen LogP contribution in [0.5, 0.6) is 0 Å². The van der Waals surface area contributed by atoms with Crippen molar-refractivity contribution in [3.05, 3.63) is 46.0 Å². The fraction of sp³-hybridized carbons (Fsp3) is 0.429. The summed E-state index contributed by atoms with van der Waals surface area (Å²) in [5, 5.41) is 17.6. The van der Waals surface area contributed by atoms with Gasteiger partial charge in [-0.2, -0.15) is 4.98 Å². The molecule has 0 bridgehead atoms. The molecule has 1 aromatic carbocycles. The lowest BCUT2D eigenvalue weighted by atomic mass is 9.94. The minimum Gasteiger partial charge on any atom is -0.379 e. The highest BCUT2D eigenvalue weighted by atomic mass is 79.9. The minimum atomic E-state index is -1.03. The van der Waals surface area contributed by atoms with Gasteiger partial charge in [-0.05, 0) is 31.0 Å². The van der Waals surface area contributed by atoms with Crippen LogP contribution in [0.25, 0.3) is 0 Å². The van der Waals surface area contributed by atoms with Crippen LogP contribution in [0.1, 0.15) is 30.1 Å². The Morgan fingerprint density at radius 1 is 1.40 bits per heavy atom. The van der Waals surface area contributed by atoms with Gasteiger partial charge in [-0.15, -0.1) is 0 Å². The van der Waals surface area contributed by atoms with Gasteiger partial charge < -0.3 is 14.9 Å². The van der Waals surface area contributed by atoms with Crippen LogP contribution in [-0.4, -0.2) is 28.3 Å². The molecule has 0 spiro atoms. The number of β-amino-alcohol motifs (C(OH)–C–C–N with tert-alkyl or cyclic N) is 1. The lowest BCUT2D eigenvalue weighted by Gasteiger charge is -2.28. The van der Waals surface area contributed by atoms with Crippen LogP contribution in [-0.2, 0) is 12.0 Å². The van der Waals surface area contributed by atoms with Crippen molar-refractivity contribution >= 4 is 15.9 Å². The lowest BCUT2D eigenvalue weighted by Crippen LogP contribution is -2.43. The molecule has 1 unspecified atom stereocenters. The summed E-state index contributed by atoms with van der Waals surface area (Å²) in [6, 6.07) is 7.93. The third-order valence-electron chi connectivity index (χ3n) is 3.53. The third kappa shape index (κ3) is 2.77. The first-order valence-electron chi connectivity index (χ1n) is 6.67. The maximum absolute atomic E-state index is 10.5. The predicted octanol–water partition coefficient (Wildman–Crippen LogP) is 1.99. The number of piperidine rings is 1. The van der Waals surface area contributed by atoms with Crippen molar-refractivity contribution in [3.8, 4) is 0 Å². The Balaban J connectivity index is 1.78. The second-order valence-corrected chi connectivity index (χ2v) is 5.95. The minimum absolute atomic E-state index is 0.312. The van der Waals surface area contributed by atoms with Crippen molar-refractivity contribution in [2.24, 2.45) is 0 Å². The Morgan fingerprint density at radius 3 is 3.00 bits per heavy atom. The molecule has 1 aliphatic rings. The number of aliphatic hydroxyl groups is 1. The molecule has 2 heterocycles. The maximum Gasteiger partial charge on any atom is 0.259 e. The van der Waals surface area contributed by atoms with Crippen molar-refractivity contribution < 1.29 is 9.63 Å². The standard InChI is InChI=1S/C14H16BrN3O2/c15-11-5-2-1-4-10(11)8-12-17-13(20-18-12)14(19)6-3-7-16-9-14/h1-2,4-5,16,19H,3,6-9H2. The molecule has 1 fully saturated rings. The van der Waals surface area contributed by atoms with Gasteiger partial charge in [0.25, 0.3) is 5.89 Å². The van der Waals surface area contributed by atoms with Gasteiger partial charge >= 0.3 is 0 Å². The smallest absolute Gasteiger partial charge is 0.259 e. The van der Waals surface area contributed by atoms with E-state index in [2.05, 4.69) is 31.4 Å². The van der Waals surface area contributed by atoms with Crippen molar-refractivity contribution in [1.82, 2.24) is 15.5 Å². The van der Waals surface area contributed by atoms with Crippen LogP contribution in [0.2, 0.25) is 0 Å². The molecule has 5 nitrogen and oxygen atoms in total. The molecular formula is C14H16BrN3O2. The quantitative estimate of drug-likeness (QED) is 0.896. The number of hydrogen-bond acceptors (Lipinski definition) is 5. The molecule has 1 aromatic heterocycles. The van der Waals surface area contributed by atoms with Gasteiger partial charge in [-0.3, -0.25) is 0 Å². The summed E-state index contributed by atoms with van der Waals surface area (Å²) in [6.07, 6.45) is 2.13. The van der Waals surface area contributed by atoms with E-state index in [9.17, 15) is 5.11 Å². The molecule has 0 aliphatic carbocycles. The molecule has 3 rings (SSSR count). The summed E-state index contributed by atoms with van der Waals surface area (Å²) in [4.78, 5) is 4.35. The van der Waals surface area contributed by atoms with Gasteiger partial charge in [0.1, 0.15) is 0 Å². The number of nitrogens with zero attached hydrogens (tertiary/aromatic N) is 2. The predicted molar refractivity (Wildman–Crippen MR) is 77.2 cm³/mol. The second-order valence-electron chi connectivity index (χ2n) is 5.10. The second kappa shape index (κ2) is 5.63. The molecule has 1 aliphatic heterocycles. The normalized spacial score (nSPS) is 22.9. The Labute approximate surface area is 125 Å². The van der Waals surface area contributed by atoms with E-state index in [-0.39, 0.29) is 0 Å². The van der Waals surface area contributed by atoms with Gasteiger partial charge in [0.05, 0.1) is 0 Å². The van der Waals surface area contributed by atoms with Crippen LogP contribution in [0.3, 0.4) is 0 Å². The zero-order chi connectivity index (χ0) is 14.0. The number of hydrogen-bond donors (Lipinski definition) is 2. The van der Waals surface area contributed by atoms with Crippen LogP contribution in [0.4, 0.5) is 0 Å². The summed E-state index contributed by atoms with van der Waals surface area (Å²) in [7, 11) is 0. The first-order valence-corrected chi connectivity index (χ1v) is 7.46. The molecule has 0 amide bonds. The number of halogens is 1. The van der Waals surface area contributed by atoms with Crippen LogP contribution < -0.4 is 5.32 Å². The molecule has 0 saturated carbocycles. The molecule has 106 valence electrons. The molecular weight excluding hydrogens is 322 g/mol. The van der Waals surface area contributed by atoms with Crippen molar-refractivity contribution in [2.75, 3.05) is 13.1 Å². The van der Waals surface area contributed by atoms with Gasteiger partial charge in [0.2, 0.25) is 0 Å². The van der Waals surface area contributed by atoms with Gasteiger partial charge in [-0.25, -0.2) is 0 Å². The number of nitrogens with one attached hydrogen (secondary N) is 1. The largest absolute Gasteiger partial charge is 0.379 e. The molecule has 20 heavy (non-hydrogen) atoms. The summed E-state index contributed by atoms with van der Waals surface area (Å²) >= 11 is 3.50. The highest BCUT2D eigenvalue weighted by Gasteiger charge is 2.37. The molecule has 1 saturated heterocycles. The number of rotatable bonds is 3. The Kier molecular flexibility index (Phi) is 3.87. The van der Waals surface area contributed by atoms with E-state index < -0.39 is 5.60 Å². The van der Waals surface area contributed by atoms with Crippen molar-refractivity contribution in [3.63, 3.8) is 0 Å². The SMILES string of the molecule is OC1(c2nc(Cc3ccccc3Br)no2)CCCNC1. The van der Waals surface area contributed by atoms with Crippen molar-refractivity contribution in [2.45, 2.75) is 24.9 Å². The van der Waals surface area contributed by atoms with Crippen LogP contribution in [0, 0.1) is 0 Å². The number of aromatic nitrogens is 2. The first kappa shape index (κ1) is 13.7. The monoisotopic (exact) mass is 337 g/mol. The summed E-state index contributed by atoms with van der Waals surface area (Å²) in [5.74, 6) is 0.901. The summed E-state index contributed by atoms with van der Waals surface area (Å²) in [5.41, 5.74) is 0.0610. The average Bonchev–Trinajstić information content (AvgIpc) is 2.92. The van der Waals surface area contributed by atoms with E-state index in [4.69, 9.17) is 4.52 Å². The zero-order valence-electron chi connectivity index (χ0n) is 11.0. The number of benzene rings is 1. The summed E-state index contributed by atoms with van der Waals surface area (Å²) < 4.78 is 6.27. The lowest BCUT2D eigenvalue weighted by molar-refractivity contribution is -0.0167. The fourth-order valence-corrected chi connectivity index (χ4v) is 2.82. The molecule has 1 atom stereocenters. The zero-order valence-corrected chi connectivity index (χ0v) is 12.6. The Bertz CT molecular complexity index is 594. The summed E-state index contributed by atoms with van der Waals surface area (Å²) in [6.45, 7) is 1.38. The van der Waals surface area contributed by atoms with Crippen LogP contribution in [0.15, 0.2) is 33.3 Å². The van der Waals surface area contributed by atoms with Crippen LogP contribution >= 0.6 is 15.9 Å². The van der Waals surface area contributed by atoms with Gasteiger partial charge in [0.15, 0.2) is 11.4 Å². The third-order valence-corrected chi connectivity index (χ3v) is 4.31. The first-order chi connectivity index (χ1) is 9.67. The molecule has 6 heteroatoms. The maximum atomic E-state index is 10.5. The van der Waals surface area contributed by atoms with E-state index in [1.54, 1.807) is 0 Å². The topological polar surface area (TPSA) is 71.2 Å². The van der Waals surface area contributed by atoms with E-state index in [0.29, 0.717) is 31.1 Å². The Morgan fingerprint density at radius 2 is 2.25 bits per heavy atom. The fourth-order valence-electron chi connectivity index (χ4n) is 2.40. The van der Waals surface area contributed by atoms with Crippen molar-refractivity contribution in [1.29, 1.82) is 0 Å². The van der Waals surface area contributed by atoms with E-state index in [0.717, 1.165) is 23.0 Å². The molecule has 2 N–H and O–H groups in total. The Hall–Kier alpha value is -1.24. The molecule has 0 radical (unpaired) electrons. The van der Waals surface area contributed by atoms with E-state index >= 15 is 0 Å². The highest BCUT2D eigenvalue weighted by molar-refractivity contribution is 9.10. The van der Waals surface area contributed by atoms with E-state index in [1.165, 1.54) is 0 Å². The molecule has 2 aromatic rings. The van der Waals surface area contributed by atoms with Gasteiger partial charge in [-0.1, -0.05) is 39.3 Å². The average molecular weight is 338 g/mol. The van der Waals surface area contributed by atoms with Gasteiger partial charge in [0, 0.05) is 17.4 Å². The van der Waals surface area contributed by atoms with E-state index in [1.807, 2.05) is 24.3 Å². The highest BCUT2D eigenvalue weighted by Crippen LogP contribution is 2.27.